The van der Waals surface area contributed by atoms with Gasteiger partial charge in [0.25, 0.3) is 0 Å². The third-order valence-corrected chi connectivity index (χ3v) is 3.00. The summed E-state index contributed by atoms with van der Waals surface area (Å²) < 4.78 is 0. The van der Waals surface area contributed by atoms with E-state index in [4.69, 9.17) is 0 Å². The van der Waals surface area contributed by atoms with Gasteiger partial charge in [-0.1, -0.05) is 13.3 Å². The van der Waals surface area contributed by atoms with Crippen molar-refractivity contribution in [2.45, 2.75) is 58.5 Å². The summed E-state index contributed by atoms with van der Waals surface area (Å²) in [6.45, 7) is 8.56. The van der Waals surface area contributed by atoms with Crippen LogP contribution in [-0.2, 0) is 9.59 Å². The van der Waals surface area contributed by atoms with Crippen LogP contribution in [0.1, 0.15) is 47.0 Å². The molecule has 1 N–H and O–H groups in total. The molecule has 0 spiro atoms. The lowest BCUT2D eigenvalue weighted by Gasteiger charge is -2.28. The van der Waals surface area contributed by atoms with Gasteiger partial charge in [0, 0.05) is 12.1 Å². The molecule has 2 amide bonds. The van der Waals surface area contributed by atoms with Gasteiger partial charge in [-0.15, -0.1) is 0 Å². The first kappa shape index (κ1) is 13.2. The van der Waals surface area contributed by atoms with Crippen LogP contribution in [0.15, 0.2) is 0 Å². The Bertz CT molecular complexity index is 287. The van der Waals surface area contributed by atoms with E-state index in [1.807, 2.05) is 6.92 Å². The number of hydrogen-bond acceptors (Lipinski definition) is 3. The van der Waals surface area contributed by atoms with E-state index < -0.39 is 0 Å². The number of imide groups is 1. The lowest BCUT2D eigenvalue weighted by molar-refractivity contribution is -0.138. The summed E-state index contributed by atoms with van der Waals surface area (Å²) in [5.74, 6) is -0.131. The third-order valence-electron chi connectivity index (χ3n) is 3.00. The van der Waals surface area contributed by atoms with Crippen LogP contribution in [0.3, 0.4) is 0 Å². The van der Waals surface area contributed by atoms with Crippen molar-refractivity contribution in [2.24, 2.45) is 0 Å². The van der Waals surface area contributed by atoms with Crippen LogP contribution in [-0.4, -0.2) is 34.8 Å². The molecule has 92 valence electrons. The highest BCUT2D eigenvalue weighted by Crippen LogP contribution is 2.18. The molecule has 16 heavy (non-hydrogen) atoms. The Morgan fingerprint density at radius 2 is 2.00 bits per heavy atom. The number of likely N-dealkylation sites (N-methyl/N-ethyl adjacent to an activating group) is 1. The first-order chi connectivity index (χ1) is 7.41. The summed E-state index contributed by atoms with van der Waals surface area (Å²) in [5, 5.41) is 3.29. The van der Waals surface area contributed by atoms with Crippen LogP contribution in [0, 0.1) is 0 Å². The van der Waals surface area contributed by atoms with E-state index in [9.17, 15) is 9.59 Å². The number of nitrogens with one attached hydrogen (secondary N) is 1. The van der Waals surface area contributed by atoms with Crippen molar-refractivity contribution in [1.82, 2.24) is 10.2 Å². The molecular formula is C12H22N2O2. The molecule has 0 bridgehead atoms. The SMILES string of the molecule is CCCC(C)(C)NC1CC(=O)N(CC)C1=O. The van der Waals surface area contributed by atoms with E-state index in [0.29, 0.717) is 13.0 Å². The van der Waals surface area contributed by atoms with Crippen molar-refractivity contribution < 1.29 is 9.59 Å². The molecule has 0 saturated carbocycles. The average Bonchev–Trinajstić information content (AvgIpc) is 2.41. The molecule has 0 aromatic heterocycles. The number of carbonyl (C=O) groups excluding carboxylic acids is 2. The topological polar surface area (TPSA) is 49.4 Å². The summed E-state index contributed by atoms with van der Waals surface area (Å²) in [7, 11) is 0. The van der Waals surface area contributed by atoms with Gasteiger partial charge in [0.2, 0.25) is 11.8 Å². The van der Waals surface area contributed by atoms with Gasteiger partial charge in [0.15, 0.2) is 0 Å². The zero-order valence-corrected chi connectivity index (χ0v) is 10.7. The Kier molecular flexibility index (Phi) is 4.08. The Labute approximate surface area is 97.4 Å². The Morgan fingerprint density at radius 1 is 1.38 bits per heavy atom. The fraction of sp³-hybridized carbons (Fsp3) is 0.833. The molecule has 0 radical (unpaired) electrons. The molecule has 1 fully saturated rings. The van der Waals surface area contributed by atoms with Crippen LogP contribution in [0.5, 0.6) is 0 Å². The molecule has 1 rings (SSSR count). The Morgan fingerprint density at radius 3 is 2.44 bits per heavy atom. The normalized spacial score (nSPS) is 22.0. The van der Waals surface area contributed by atoms with E-state index in [1.54, 1.807) is 0 Å². The van der Waals surface area contributed by atoms with E-state index in [0.717, 1.165) is 12.8 Å². The molecule has 1 aliphatic heterocycles. The minimum absolute atomic E-state index is 0.0581. The number of hydrogen-bond donors (Lipinski definition) is 1. The molecule has 1 atom stereocenters. The summed E-state index contributed by atoms with van der Waals surface area (Å²) in [4.78, 5) is 24.7. The summed E-state index contributed by atoms with van der Waals surface area (Å²) >= 11 is 0. The van der Waals surface area contributed by atoms with E-state index >= 15 is 0 Å². The van der Waals surface area contributed by atoms with E-state index in [2.05, 4.69) is 26.1 Å². The highest BCUT2D eigenvalue weighted by atomic mass is 16.2. The van der Waals surface area contributed by atoms with Crippen LogP contribution in [0.25, 0.3) is 0 Å². The minimum atomic E-state index is -0.325. The molecule has 4 heteroatoms. The van der Waals surface area contributed by atoms with Gasteiger partial charge in [-0.3, -0.25) is 14.5 Å². The van der Waals surface area contributed by atoms with Crippen molar-refractivity contribution in [3.8, 4) is 0 Å². The van der Waals surface area contributed by atoms with Crippen molar-refractivity contribution in [3.63, 3.8) is 0 Å². The summed E-state index contributed by atoms with van der Waals surface area (Å²) in [6, 6.07) is -0.325. The largest absolute Gasteiger partial charge is 0.300 e. The number of amides is 2. The van der Waals surface area contributed by atoms with Gasteiger partial charge in [-0.05, 0) is 27.2 Å². The quantitative estimate of drug-likeness (QED) is 0.719. The molecular weight excluding hydrogens is 204 g/mol. The van der Waals surface area contributed by atoms with Crippen LogP contribution in [0.4, 0.5) is 0 Å². The predicted octanol–water partition coefficient (Wildman–Crippen LogP) is 1.30. The van der Waals surface area contributed by atoms with E-state index in [1.165, 1.54) is 4.90 Å². The zero-order chi connectivity index (χ0) is 12.3. The predicted molar refractivity (Wildman–Crippen MR) is 62.9 cm³/mol. The van der Waals surface area contributed by atoms with Gasteiger partial charge < -0.3 is 5.32 Å². The number of nitrogens with zero attached hydrogens (tertiary/aromatic N) is 1. The molecule has 1 aliphatic rings. The second kappa shape index (κ2) is 4.95. The standard InChI is InChI=1S/C12H22N2O2/c1-5-7-12(3,4)13-9-8-10(15)14(6-2)11(9)16/h9,13H,5-8H2,1-4H3. The maximum Gasteiger partial charge on any atom is 0.246 e. The second-order valence-corrected chi connectivity index (χ2v) is 5.01. The molecule has 0 aliphatic carbocycles. The van der Waals surface area contributed by atoms with Gasteiger partial charge in [-0.2, -0.15) is 0 Å². The van der Waals surface area contributed by atoms with Crippen LogP contribution < -0.4 is 5.32 Å². The van der Waals surface area contributed by atoms with Crippen molar-refractivity contribution in [3.05, 3.63) is 0 Å². The number of likely N-dealkylation sites (tertiary alicyclic amines) is 1. The monoisotopic (exact) mass is 226 g/mol. The molecule has 0 aromatic carbocycles. The van der Waals surface area contributed by atoms with Crippen molar-refractivity contribution in [2.75, 3.05) is 6.54 Å². The van der Waals surface area contributed by atoms with Crippen LogP contribution in [0.2, 0.25) is 0 Å². The second-order valence-electron chi connectivity index (χ2n) is 5.01. The van der Waals surface area contributed by atoms with Crippen molar-refractivity contribution >= 4 is 11.8 Å². The maximum atomic E-state index is 11.9. The fourth-order valence-corrected chi connectivity index (χ4v) is 2.30. The lowest BCUT2D eigenvalue weighted by atomic mass is 9.97. The highest BCUT2D eigenvalue weighted by molar-refractivity contribution is 6.05. The Balaban J connectivity index is 2.63. The van der Waals surface area contributed by atoms with E-state index in [-0.39, 0.29) is 23.4 Å². The summed E-state index contributed by atoms with van der Waals surface area (Å²) in [6.07, 6.45) is 2.36. The van der Waals surface area contributed by atoms with Gasteiger partial charge in [0.05, 0.1) is 12.5 Å². The number of rotatable bonds is 5. The third kappa shape index (κ3) is 2.82. The first-order valence-corrected chi connectivity index (χ1v) is 6.03. The minimum Gasteiger partial charge on any atom is -0.300 e. The smallest absolute Gasteiger partial charge is 0.246 e. The average molecular weight is 226 g/mol. The van der Waals surface area contributed by atoms with Crippen molar-refractivity contribution in [1.29, 1.82) is 0 Å². The highest BCUT2D eigenvalue weighted by Gasteiger charge is 2.39. The van der Waals surface area contributed by atoms with Gasteiger partial charge >= 0.3 is 0 Å². The Hall–Kier alpha value is -0.900. The van der Waals surface area contributed by atoms with Gasteiger partial charge in [-0.25, -0.2) is 0 Å². The summed E-state index contributed by atoms with van der Waals surface area (Å²) in [5.41, 5.74) is -0.0842. The molecule has 1 unspecified atom stereocenters. The zero-order valence-electron chi connectivity index (χ0n) is 10.7. The van der Waals surface area contributed by atoms with Crippen LogP contribution >= 0.6 is 0 Å². The first-order valence-electron chi connectivity index (χ1n) is 6.03. The van der Waals surface area contributed by atoms with Gasteiger partial charge in [0.1, 0.15) is 0 Å². The molecule has 1 heterocycles. The fourth-order valence-electron chi connectivity index (χ4n) is 2.30. The molecule has 0 aromatic rings. The number of carbonyl (C=O) groups is 2. The molecule has 4 nitrogen and oxygen atoms in total. The maximum absolute atomic E-state index is 11.9. The molecule has 1 saturated heterocycles. The lowest BCUT2D eigenvalue weighted by Crippen LogP contribution is -2.49.